The van der Waals surface area contributed by atoms with E-state index in [9.17, 15) is 4.79 Å². The highest BCUT2D eigenvalue weighted by atomic mass is 16.1. The van der Waals surface area contributed by atoms with Crippen molar-refractivity contribution in [3.8, 4) is 0 Å². The van der Waals surface area contributed by atoms with E-state index >= 15 is 0 Å². The van der Waals surface area contributed by atoms with Gasteiger partial charge in [0.2, 0.25) is 5.91 Å². The lowest BCUT2D eigenvalue weighted by molar-refractivity contribution is -0.122. The summed E-state index contributed by atoms with van der Waals surface area (Å²) in [5.41, 5.74) is 5.24. The van der Waals surface area contributed by atoms with Crippen LogP contribution in [-0.4, -0.2) is 29.9 Å². The second-order valence-electron chi connectivity index (χ2n) is 3.10. The van der Waals surface area contributed by atoms with Crippen molar-refractivity contribution in [1.29, 1.82) is 0 Å². The number of carbonyl (C=O) groups is 1. The minimum Gasteiger partial charge on any atom is -0.368 e. The Morgan fingerprint density at radius 2 is 2.45 bits per heavy atom. The molecule has 64 valence electrons. The number of hydrogen-bond donors (Lipinski definition) is 1. The van der Waals surface area contributed by atoms with Crippen molar-refractivity contribution >= 4 is 5.91 Å². The number of carbonyl (C=O) groups excluding carboxylic acids is 1. The molecule has 1 unspecified atom stereocenters. The molecule has 11 heavy (non-hydrogen) atoms. The second-order valence-corrected chi connectivity index (χ2v) is 3.10. The molecule has 0 bridgehead atoms. The normalized spacial score (nSPS) is 25.7. The Morgan fingerprint density at radius 1 is 1.73 bits per heavy atom. The van der Waals surface area contributed by atoms with Gasteiger partial charge in [0.25, 0.3) is 0 Å². The van der Waals surface area contributed by atoms with Crippen molar-refractivity contribution in [2.45, 2.75) is 32.2 Å². The Kier molecular flexibility index (Phi) is 2.88. The average Bonchev–Trinajstić information content (AvgIpc) is 2.36. The van der Waals surface area contributed by atoms with E-state index in [4.69, 9.17) is 5.73 Å². The van der Waals surface area contributed by atoms with Crippen LogP contribution in [0.4, 0.5) is 0 Å². The minimum absolute atomic E-state index is 0.0231. The van der Waals surface area contributed by atoms with Crippen LogP contribution >= 0.6 is 0 Å². The maximum Gasteiger partial charge on any atom is 0.234 e. The number of hydrogen-bond acceptors (Lipinski definition) is 2. The summed E-state index contributed by atoms with van der Waals surface area (Å²) in [6.45, 7) is 4.17. The Morgan fingerprint density at radius 3 is 3.00 bits per heavy atom. The summed E-state index contributed by atoms with van der Waals surface area (Å²) in [7, 11) is 0. The SMILES string of the molecule is CCCN1CCCC1C(N)=O. The predicted octanol–water partition coefficient (Wildman–Crippen LogP) is 0.346. The van der Waals surface area contributed by atoms with Crippen LogP contribution in [0.3, 0.4) is 0 Å². The lowest BCUT2D eigenvalue weighted by Crippen LogP contribution is -2.40. The molecule has 0 spiro atoms. The summed E-state index contributed by atoms with van der Waals surface area (Å²) in [5, 5.41) is 0. The molecule has 0 aromatic rings. The molecule has 1 rings (SSSR count). The third-order valence-electron chi connectivity index (χ3n) is 2.20. The Hall–Kier alpha value is -0.570. The molecule has 0 radical (unpaired) electrons. The first-order chi connectivity index (χ1) is 5.25. The van der Waals surface area contributed by atoms with Crippen molar-refractivity contribution in [1.82, 2.24) is 4.90 Å². The monoisotopic (exact) mass is 156 g/mol. The molecule has 3 nitrogen and oxygen atoms in total. The zero-order valence-corrected chi connectivity index (χ0v) is 7.05. The summed E-state index contributed by atoms with van der Waals surface area (Å²) in [4.78, 5) is 13.1. The second kappa shape index (κ2) is 3.72. The topological polar surface area (TPSA) is 46.3 Å². The molecule has 0 aromatic carbocycles. The third-order valence-corrected chi connectivity index (χ3v) is 2.20. The van der Waals surface area contributed by atoms with E-state index in [1.807, 2.05) is 0 Å². The molecule has 0 saturated carbocycles. The fourth-order valence-corrected chi connectivity index (χ4v) is 1.70. The maximum absolute atomic E-state index is 10.9. The molecule has 1 aliphatic rings. The first-order valence-corrected chi connectivity index (χ1v) is 4.29. The van der Waals surface area contributed by atoms with Gasteiger partial charge < -0.3 is 5.73 Å². The van der Waals surface area contributed by atoms with E-state index in [0.717, 1.165) is 32.4 Å². The van der Waals surface area contributed by atoms with E-state index in [1.165, 1.54) is 0 Å². The third kappa shape index (κ3) is 1.93. The van der Waals surface area contributed by atoms with Crippen LogP contribution in [0.2, 0.25) is 0 Å². The Bertz CT molecular complexity index is 147. The zero-order valence-electron chi connectivity index (χ0n) is 7.05. The van der Waals surface area contributed by atoms with Crippen molar-refractivity contribution in [2.24, 2.45) is 5.73 Å². The van der Waals surface area contributed by atoms with Gasteiger partial charge in [-0.25, -0.2) is 0 Å². The molecule has 1 amide bonds. The molecule has 1 saturated heterocycles. The van der Waals surface area contributed by atoms with Gasteiger partial charge >= 0.3 is 0 Å². The largest absolute Gasteiger partial charge is 0.368 e. The van der Waals surface area contributed by atoms with Gasteiger partial charge in [0, 0.05) is 0 Å². The standard InChI is InChI=1S/C8H16N2O/c1-2-5-10-6-3-4-7(10)8(9)11/h7H,2-6H2,1H3,(H2,9,11). The molecule has 0 aliphatic carbocycles. The lowest BCUT2D eigenvalue weighted by Gasteiger charge is -2.20. The molecule has 1 aliphatic heterocycles. The highest BCUT2D eigenvalue weighted by molar-refractivity contribution is 5.80. The maximum atomic E-state index is 10.9. The molecule has 2 N–H and O–H groups in total. The summed E-state index contributed by atoms with van der Waals surface area (Å²) in [5.74, 6) is -0.157. The van der Waals surface area contributed by atoms with Crippen LogP contribution in [0.25, 0.3) is 0 Å². The molecule has 1 heterocycles. The van der Waals surface area contributed by atoms with Crippen molar-refractivity contribution in [2.75, 3.05) is 13.1 Å². The van der Waals surface area contributed by atoms with E-state index in [2.05, 4.69) is 11.8 Å². The van der Waals surface area contributed by atoms with E-state index in [0.29, 0.717) is 0 Å². The fraction of sp³-hybridized carbons (Fsp3) is 0.875. The number of amides is 1. The van der Waals surface area contributed by atoms with Gasteiger partial charge in [-0.05, 0) is 32.4 Å². The number of rotatable bonds is 3. The van der Waals surface area contributed by atoms with Gasteiger partial charge in [0.1, 0.15) is 0 Å². The van der Waals surface area contributed by atoms with Crippen molar-refractivity contribution in [3.63, 3.8) is 0 Å². The van der Waals surface area contributed by atoms with Crippen LogP contribution in [-0.2, 0) is 4.79 Å². The molecule has 3 heteroatoms. The van der Waals surface area contributed by atoms with Gasteiger partial charge in [-0.2, -0.15) is 0 Å². The van der Waals surface area contributed by atoms with Crippen LogP contribution in [0.1, 0.15) is 26.2 Å². The number of nitrogens with two attached hydrogens (primary N) is 1. The quantitative estimate of drug-likeness (QED) is 0.640. The summed E-state index contributed by atoms with van der Waals surface area (Å²) >= 11 is 0. The zero-order chi connectivity index (χ0) is 8.27. The molecular formula is C8H16N2O. The van der Waals surface area contributed by atoms with E-state index in [1.54, 1.807) is 0 Å². The summed E-state index contributed by atoms with van der Waals surface area (Å²) in [6.07, 6.45) is 3.17. The number of primary amides is 1. The summed E-state index contributed by atoms with van der Waals surface area (Å²) in [6, 6.07) is 0.0231. The first-order valence-electron chi connectivity index (χ1n) is 4.29. The van der Waals surface area contributed by atoms with Crippen LogP contribution in [0.15, 0.2) is 0 Å². The van der Waals surface area contributed by atoms with Crippen molar-refractivity contribution < 1.29 is 4.79 Å². The summed E-state index contributed by atoms with van der Waals surface area (Å²) < 4.78 is 0. The first kappa shape index (κ1) is 8.53. The minimum atomic E-state index is -0.157. The lowest BCUT2D eigenvalue weighted by atomic mass is 10.2. The average molecular weight is 156 g/mol. The molecule has 1 fully saturated rings. The van der Waals surface area contributed by atoms with Gasteiger partial charge in [-0.15, -0.1) is 0 Å². The van der Waals surface area contributed by atoms with Crippen LogP contribution in [0, 0.1) is 0 Å². The van der Waals surface area contributed by atoms with Gasteiger partial charge in [0.05, 0.1) is 6.04 Å². The highest BCUT2D eigenvalue weighted by Crippen LogP contribution is 2.16. The molecular weight excluding hydrogens is 140 g/mol. The van der Waals surface area contributed by atoms with E-state index < -0.39 is 0 Å². The van der Waals surface area contributed by atoms with Crippen molar-refractivity contribution in [3.05, 3.63) is 0 Å². The number of likely N-dealkylation sites (tertiary alicyclic amines) is 1. The number of nitrogens with zero attached hydrogens (tertiary/aromatic N) is 1. The van der Waals surface area contributed by atoms with Crippen LogP contribution in [0.5, 0.6) is 0 Å². The van der Waals surface area contributed by atoms with Crippen LogP contribution < -0.4 is 5.73 Å². The predicted molar refractivity (Wildman–Crippen MR) is 44.1 cm³/mol. The van der Waals surface area contributed by atoms with E-state index in [-0.39, 0.29) is 11.9 Å². The fourth-order valence-electron chi connectivity index (χ4n) is 1.70. The smallest absolute Gasteiger partial charge is 0.234 e. The van der Waals surface area contributed by atoms with Gasteiger partial charge in [-0.1, -0.05) is 6.92 Å². The van der Waals surface area contributed by atoms with Gasteiger partial charge in [0.15, 0.2) is 0 Å². The van der Waals surface area contributed by atoms with Gasteiger partial charge in [-0.3, -0.25) is 9.69 Å². The Labute approximate surface area is 67.5 Å². The molecule has 1 atom stereocenters. The highest BCUT2D eigenvalue weighted by Gasteiger charge is 2.27. The Balaban J connectivity index is 2.44. The molecule has 0 aromatic heterocycles.